The number of rotatable bonds is 3. The first kappa shape index (κ1) is 18.9. The number of pyridine rings is 1. The molecule has 0 saturated carbocycles. The van der Waals surface area contributed by atoms with Gasteiger partial charge in [-0.1, -0.05) is 12.1 Å². The second kappa shape index (κ2) is 7.21. The number of nitrogens with one attached hydrogen (secondary N) is 1. The Labute approximate surface area is 169 Å². The predicted octanol–water partition coefficient (Wildman–Crippen LogP) is 0.710. The molecule has 0 unspecified atom stereocenters. The number of thioether (sulfide) groups is 1. The second-order valence-electron chi connectivity index (χ2n) is 6.59. The van der Waals surface area contributed by atoms with Gasteiger partial charge in [-0.2, -0.15) is 0 Å². The number of carbonyl (C=O) groups excluding carboxylic acids is 2. The minimum Gasteiger partial charge on any atom is -0.323 e. The maximum Gasteiger partial charge on any atom is 0.332 e. The van der Waals surface area contributed by atoms with Crippen LogP contribution in [0.4, 0.5) is 11.4 Å². The van der Waals surface area contributed by atoms with Gasteiger partial charge in [0.15, 0.2) is 0 Å². The number of aryl methyl sites for hydroxylation is 1. The number of fused-ring (bicyclic) bond motifs is 2. The fourth-order valence-electron chi connectivity index (χ4n) is 3.21. The first-order valence-electron chi connectivity index (χ1n) is 8.74. The number of carbonyl (C=O) groups is 2. The SMILES string of the molecule is Cn1c(=O)c2cc(NC(=O)CN3C(=O)CSc4ccccc43)cnc2n(C)c1=O. The van der Waals surface area contributed by atoms with Crippen molar-refractivity contribution in [1.82, 2.24) is 14.1 Å². The molecule has 0 aliphatic carbocycles. The number of anilines is 2. The van der Waals surface area contributed by atoms with E-state index < -0.39 is 17.2 Å². The van der Waals surface area contributed by atoms with Crippen LogP contribution in [-0.4, -0.2) is 38.2 Å². The van der Waals surface area contributed by atoms with Gasteiger partial charge in [-0.3, -0.25) is 23.5 Å². The van der Waals surface area contributed by atoms with Crippen LogP contribution < -0.4 is 21.5 Å². The summed E-state index contributed by atoms with van der Waals surface area (Å²) in [5, 5.41) is 2.89. The fourth-order valence-corrected chi connectivity index (χ4v) is 4.14. The van der Waals surface area contributed by atoms with Crippen LogP contribution in [0.1, 0.15) is 0 Å². The molecule has 10 heteroatoms. The average Bonchev–Trinajstić information content (AvgIpc) is 2.72. The van der Waals surface area contributed by atoms with Gasteiger partial charge >= 0.3 is 5.69 Å². The molecule has 2 aromatic heterocycles. The van der Waals surface area contributed by atoms with Crippen LogP contribution in [0, 0.1) is 0 Å². The zero-order valence-electron chi connectivity index (χ0n) is 15.7. The lowest BCUT2D eigenvalue weighted by molar-refractivity contribution is -0.120. The molecule has 0 bridgehead atoms. The van der Waals surface area contributed by atoms with Gasteiger partial charge in [0.25, 0.3) is 5.56 Å². The predicted molar refractivity (Wildman–Crippen MR) is 110 cm³/mol. The highest BCUT2D eigenvalue weighted by Crippen LogP contribution is 2.34. The molecule has 0 saturated heterocycles. The van der Waals surface area contributed by atoms with Gasteiger partial charge in [0.2, 0.25) is 11.8 Å². The Morgan fingerprint density at radius 2 is 1.93 bits per heavy atom. The van der Waals surface area contributed by atoms with Crippen molar-refractivity contribution in [2.75, 3.05) is 22.5 Å². The van der Waals surface area contributed by atoms with Crippen molar-refractivity contribution in [3.05, 3.63) is 57.4 Å². The number of hydrogen-bond acceptors (Lipinski definition) is 6. The number of nitrogens with zero attached hydrogens (tertiary/aromatic N) is 4. The quantitative estimate of drug-likeness (QED) is 0.680. The molecule has 0 spiro atoms. The lowest BCUT2D eigenvalue weighted by Crippen LogP contribution is -2.41. The van der Waals surface area contributed by atoms with Gasteiger partial charge in [0.1, 0.15) is 12.2 Å². The molecule has 2 amide bonds. The van der Waals surface area contributed by atoms with E-state index in [2.05, 4.69) is 10.3 Å². The summed E-state index contributed by atoms with van der Waals surface area (Å²) in [4.78, 5) is 55.8. The van der Waals surface area contributed by atoms with E-state index in [4.69, 9.17) is 0 Å². The van der Waals surface area contributed by atoms with E-state index in [1.165, 1.54) is 47.6 Å². The van der Waals surface area contributed by atoms with E-state index >= 15 is 0 Å². The summed E-state index contributed by atoms with van der Waals surface area (Å²) < 4.78 is 2.25. The van der Waals surface area contributed by atoms with Crippen molar-refractivity contribution in [3.8, 4) is 0 Å². The topological polar surface area (TPSA) is 106 Å². The molecular weight excluding hydrogens is 394 g/mol. The maximum absolute atomic E-state index is 12.6. The Hall–Kier alpha value is -3.40. The van der Waals surface area contributed by atoms with Crippen molar-refractivity contribution in [3.63, 3.8) is 0 Å². The summed E-state index contributed by atoms with van der Waals surface area (Å²) in [6, 6.07) is 8.88. The molecule has 3 aromatic rings. The molecule has 0 atom stereocenters. The Kier molecular flexibility index (Phi) is 4.71. The maximum atomic E-state index is 12.6. The highest BCUT2D eigenvalue weighted by atomic mass is 32.2. The third-order valence-corrected chi connectivity index (χ3v) is 5.73. The molecule has 0 fully saturated rings. The molecule has 1 aromatic carbocycles. The van der Waals surface area contributed by atoms with E-state index in [1.807, 2.05) is 18.2 Å². The molecule has 4 rings (SSSR count). The third-order valence-electron chi connectivity index (χ3n) is 4.69. The molecular formula is C19H17N5O4S. The summed E-state index contributed by atoms with van der Waals surface area (Å²) >= 11 is 1.44. The van der Waals surface area contributed by atoms with E-state index in [-0.39, 0.29) is 29.2 Å². The number of benzene rings is 1. The van der Waals surface area contributed by atoms with Crippen molar-refractivity contribution in [1.29, 1.82) is 0 Å². The largest absolute Gasteiger partial charge is 0.332 e. The van der Waals surface area contributed by atoms with E-state index in [0.717, 1.165) is 9.46 Å². The van der Waals surface area contributed by atoms with Crippen molar-refractivity contribution < 1.29 is 9.59 Å². The Morgan fingerprint density at radius 1 is 1.17 bits per heavy atom. The molecule has 1 aliphatic heterocycles. The summed E-state index contributed by atoms with van der Waals surface area (Å²) in [5.41, 5.74) is 0.263. The zero-order valence-corrected chi connectivity index (χ0v) is 16.5. The van der Waals surface area contributed by atoms with Crippen LogP contribution >= 0.6 is 11.8 Å². The molecule has 9 nitrogen and oxygen atoms in total. The molecule has 3 heterocycles. The lowest BCUT2D eigenvalue weighted by atomic mass is 10.2. The monoisotopic (exact) mass is 411 g/mol. The standard InChI is InChI=1S/C19H17N5O4S/c1-22-17-12(18(27)23(2)19(22)28)7-11(8-20-17)21-15(25)9-24-13-5-3-4-6-14(13)29-10-16(24)26/h3-8H,9-10H2,1-2H3,(H,21,25). The molecule has 29 heavy (non-hydrogen) atoms. The van der Waals surface area contributed by atoms with Crippen molar-refractivity contribution in [2.45, 2.75) is 4.90 Å². The first-order chi connectivity index (χ1) is 13.9. The van der Waals surface area contributed by atoms with Gasteiger partial charge in [-0.15, -0.1) is 11.8 Å². The number of amides is 2. The number of hydrogen-bond donors (Lipinski definition) is 1. The third kappa shape index (κ3) is 3.31. The van der Waals surface area contributed by atoms with E-state index in [1.54, 1.807) is 6.07 Å². The Bertz CT molecular complexity index is 1280. The fraction of sp³-hybridized carbons (Fsp3) is 0.211. The van der Waals surface area contributed by atoms with Crippen LogP contribution in [0.25, 0.3) is 11.0 Å². The van der Waals surface area contributed by atoms with Crippen LogP contribution in [-0.2, 0) is 23.7 Å². The smallest absolute Gasteiger partial charge is 0.323 e. The van der Waals surface area contributed by atoms with Crippen molar-refractivity contribution in [2.24, 2.45) is 14.1 Å². The Balaban J connectivity index is 1.61. The van der Waals surface area contributed by atoms with Crippen LogP contribution in [0.15, 0.2) is 51.0 Å². The summed E-state index contributed by atoms with van der Waals surface area (Å²) in [7, 11) is 2.90. The molecule has 0 radical (unpaired) electrons. The lowest BCUT2D eigenvalue weighted by Gasteiger charge is -2.28. The van der Waals surface area contributed by atoms with Gasteiger partial charge in [0.05, 0.1) is 28.7 Å². The average molecular weight is 411 g/mol. The number of para-hydroxylation sites is 1. The first-order valence-corrected chi connectivity index (χ1v) is 9.73. The summed E-state index contributed by atoms with van der Waals surface area (Å²) in [6.07, 6.45) is 1.38. The normalized spacial score (nSPS) is 13.4. The zero-order chi connectivity index (χ0) is 20.7. The van der Waals surface area contributed by atoms with Gasteiger partial charge < -0.3 is 10.2 Å². The van der Waals surface area contributed by atoms with E-state index in [0.29, 0.717) is 11.4 Å². The highest BCUT2D eigenvalue weighted by Gasteiger charge is 2.26. The minimum absolute atomic E-state index is 0.149. The van der Waals surface area contributed by atoms with Crippen LogP contribution in [0.2, 0.25) is 0 Å². The summed E-state index contributed by atoms with van der Waals surface area (Å²) in [5.74, 6) is -0.293. The van der Waals surface area contributed by atoms with Gasteiger partial charge in [-0.25, -0.2) is 9.78 Å². The van der Waals surface area contributed by atoms with Gasteiger partial charge in [0, 0.05) is 19.0 Å². The molecule has 1 aliphatic rings. The highest BCUT2D eigenvalue weighted by molar-refractivity contribution is 8.00. The van der Waals surface area contributed by atoms with Crippen LogP contribution in [0.5, 0.6) is 0 Å². The number of aromatic nitrogens is 3. The van der Waals surface area contributed by atoms with Crippen LogP contribution in [0.3, 0.4) is 0 Å². The van der Waals surface area contributed by atoms with Gasteiger partial charge in [-0.05, 0) is 18.2 Å². The molecule has 148 valence electrons. The van der Waals surface area contributed by atoms with Crippen molar-refractivity contribution >= 4 is 46.0 Å². The minimum atomic E-state index is -0.496. The van der Waals surface area contributed by atoms with E-state index in [9.17, 15) is 19.2 Å². The second-order valence-corrected chi connectivity index (χ2v) is 7.60. The molecule has 1 N–H and O–H groups in total. The summed E-state index contributed by atoms with van der Waals surface area (Å²) in [6.45, 7) is -0.153. The Morgan fingerprint density at radius 3 is 2.72 bits per heavy atom.